The molecular weight excluding hydrogens is 394 g/mol. The molecule has 4 aromatic rings. The van der Waals surface area contributed by atoms with Gasteiger partial charge in [-0.2, -0.15) is 0 Å². The molecule has 5 nitrogen and oxygen atoms in total. The quantitative estimate of drug-likeness (QED) is 0.500. The fourth-order valence-electron chi connectivity index (χ4n) is 3.39. The van der Waals surface area contributed by atoms with Gasteiger partial charge in [0.2, 0.25) is 5.91 Å². The van der Waals surface area contributed by atoms with Crippen molar-refractivity contribution in [2.75, 3.05) is 5.32 Å². The third-order valence-corrected chi connectivity index (χ3v) is 6.22. The van der Waals surface area contributed by atoms with Gasteiger partial charge in [0, 0.05) is 16.6 Å². The van der Waals surface area contributed by atoms with Crippen molar-refractivity contribution in [1.29, 1.82) is 0 Å². The predicted octanol–water partition coefficient (Wildman–Crippen LogP) is 4.94. The van der Waals surface area contributed by atoms with Gasteiger partial charge >= 0.3 is 0 Å². The van der Waals surface area contributed by atoms with Gasteiger partial charge in [0.05, 0.1) is 11.7 Å². The number of hydrogen-bond acceptors (Lipinski definition) is 4. The molecule has 0 fully saturated rings. The Morgan fingerprint density at radius 2 is 1.87 bits per heavy atom. The summed E-state index contributed by atoms with van der Waals surface area (Å²) >= 11 is 1.44. The molecule has 0 spiro atoms. The van der Waals surface area contributed by atoms with Gasteiger partial charge in [-0.1, -0.05) is 37.3 Å². The van der Waals surface area contributed by atoms with E-state index in [0.29, 0.717) is 10.2 Å². The van der Waals surface area contributed by atoms with Crippen LogP contribution in [-0.4, -0.2) is 15.5 Å². The number of rotatable bonds is 5. The first-order chi connectivity index (χ1) is 14.5. The first-order valence-corrected chi connectivity index (χ1v) is 10.8. The summed E-state index contributed by atoms with van der Waals surface area (Å²) in [5.41, 5.74) is 5.87. The Balaban J connectivity index is 1.63. The Labute approximate surface area is 179 Å². The van der Waals surface area contributed by atoms with E-state index in [9.17, 15) is 9.59 Å². The van der Waals surface area contributed by atoms with Crippen LogP contribution in [0.2, 0.25) is 0 Å². The lowest BCUT2D eigenvalue weighted by molar-refractivity contribution is -0.116. The molecule has 0 atom stereocenters. The van der Waals surface area contributed by atoms with Crippen LogP contribution in [0.4, 0.5) is 5.69 Å². The molecule has 152 valence electrons. The number of hydrogen-bond donors (Lipinski definition) is 1. The highest BCUT2D eigenvalue weighted by molar-refractivity contribution is 7.17. The van der Waals surface area contributed by atoms with Crippen molar-refractivity contribution in [2.45, 2.75) is 33.7 Å². The average molecular weight is 418 g/mol. The molecule has 0 aliphatic heterocycles. The number of thiophene rings is 1. The van der Waals surface area contributed by atoms with Crippen LogP contribution in [0.25, 0.3) is 21.3 Å². The highest BCUT2D eigenvalue weighted by Gasteiger charge is 2.15. The topological polar surface area (TPSA) is 64.0 Å². The zero-order valence-corrected chi connectivity index (χ0v) is 18.0. The number of carbonyl (C=O) groups is 1. The third-order valence-electron chi connectivity index (χ3n) is 5.34. The lowest BCUT2D eigenvalue weighted by atomic mass is 10.0. The van der Waals surface area contributed by atoms with Gasteiger partial charge < -0.3 is 5.32 Å². The molecule has 4 rings (SSSR count). The van der Waals surface area contributed by atoms with Crippen molar-refractivity contribution >= 4 is 33.1 Å². The number of aromatic nitrogens is 2. The molecular formula is C24H23N3O2S. The van der Waals surface area contributed by atoms with Crippen LogP contribution >= 0.6 is 11.3 Å². The lowest BCUT2D eigenvalue weighted by Crippen LogP contribution is -2.27. The SMILES string of the molecule is CCc1ccc(-c2csc3ncn(CC(=O)Nc4ccc(C)c(C)c4)c(=O)c23)cc1. The predicted molar refractivity (Wildman–Crippen MR) is 123 cm³/mol. The number of nitrogens with one attached hydrogen (secondary N) is 1. The number of benzene rings is 2. The highest BCUT2D eigenvalue weighted by Crippen LogP contribution is 2.30. The molecule has 0 bridgehead atoms. The first kappa shape index (κ1) is 20.0. The summed E-state index contributed by atoms with van der Waals surface area (Å²) in [5, 5.41) is 5.38. The number of amides is 1. The Bertz CT molecular complexity index is 1290. The summed E-state index contributed by atoms with van der Waals surface area (Å²) < 4.78 is 1.37. The van der Waals surface area contributed by atoms with Crippen LogP contribution in [0.15, 0.2) is 59.0 Å². The summed E-state index contributed by atoms with van der Waals surface area (Å²) in [6.45, 7) is 6.05. The molecule has 0 radical (unpaired) electrons. The van der Waals surface area contributed by atoms with E-state index in [0.717, 1.165) is 34.4 Å². The van der Waals surface area contributed by atoms with Crippen LogP contribution in [0.1, 0.15) is 23.6 Å². The van der Waals surface area contributed by atoms with Gasteiger partial charge in [0.1, 0.15) is 11.4 Å². The zero-order chi connectivity index (χ0) is 21.3. The number of nitrogens with zero attached hydrogens (tertiary/aromatic N) is 2. The Kier molecular flexibility index (Phi) is 5.50. The Morgan fingerprint density at radius 1 is 1.10 bits per heavy atom. The van der Waals surface area contributed by atoms with E-state index in [-0.39, 0.29) is 18.0 Å². The van der Waals surface area contributed by atoms with Crippen molar-refractivity contribution in [2.24, 2.45) is 0 Å². The van der Waals surface area contributed by atoms with E-state index in [1.54, 1.807) is 0 Å². The van der Waals surface area contributed by atoms with Gasteiger partial charge in [-0.3, -0.25) is 14.2 Å². The van der Waals surface area contributed by atoms with Crippen LogP contribution in [0.5, 0.6) is 0 Å². The number of anilines is 1. The number of carbonyl (C=O) groups excluding carboxylic acids is 1. The second kappa shape index (κ2) is 8.24. The molecule has 0 aliphatic carbocycles. The summed E-state index contributed by atoms with van der Waals surface area (Å²) in [6.07, 6.45) is 2.42. The maximum atomic E-state index is 13.1. The first-order valence-electron chi connectivity index (χ1n) is 9.89. The van der Waals surface area contributed by atoms with Crippen molar-refractivity contribution in [3.8, 4) is 11.1 Å². The molecule has 1 N–H and O–H groups in total. The maximum Gasteiger partial charge on any atom is 0.263 e. The minimum Gasteiger partial charge on any atom is -0.325 e. The summed E-state index contributed by atoms with van der Waals surface area (Å²) in [6, 6.07) is 14.0. The van der Waals surface area contributed by atoms with Gasteiger partial charge in [-0.25, -0.2) is 4.98 Å². The third kappa shape index (κ3) is 3.91. The second-order valence-corrected chi connectivity index (χ2v) is 8.26. The normalized spacial score (nSPS) is 11.0. The molecule has 0 aliphatic rings. The zero-order valence-electron chi connectivity index (χ0n) is 17.2. The van der Waals surface area contributed by atoms with E-state index in [1.165, 1.54) is 27.8 Å². The largest absolute Gasteiger partial charge is 0.325 e. The monoisotopic (exact) mass is 417 g/mol. The second-order valence-electron chi connectivity index (χ2n) is 7.40. The molecule has 2 aromatic carbocycles. The summed E-state index contributed by atoms with van der Waals surface area (Å²) in [4.78, 5) is 30.8. The fourth-order valence-corrected chi connectivity index (χ4v) is 4.29. The highest BCUT2D eigenvalue weighted by atomic mass is 32.1. The van der Waals surface area contributed by atoms with Crippen LogP contribution in [0, 0.1) is 13.8 Å². The maximum absolute atomic E-state index is 13.1. The van der Waals surface area contributed by atoms with E-state index in [1.807, 2.05) is 49.6 Å². The molecule has 2 aromatic heterocycles. The summed E-state index contributed by atoms with van der Waals surface area (Å²) in [7, 11) is 0. The average Bonchev–Trinajstić information content (AvgIpc) is 3.18. The van der Waals surface area contributed by atoms with E-state index in [2.05, 4.69) is 29.4 Å². The number of aryl methyl sites for hydroxylation is 3. The van der Waals surface area contributed by atoms with Gasteiger partial charge in [0.15, 0.2) is 0 Å². The Morgan fingerprint density at radius 3 is 2.57 bits per heavy atom. The summed E-state index contributed by atoms with van der Waals surface area (Å²) in [5.74, 6) is -0.259. The molecule has 0 saturated carbocycles. The smallest absolute Gasteiger partial charge is 0.263 e. The van der Waals surface area contributed by atoms with Crippen molar-refractivity contribution in [1.82, 2.24) is 9.55 Å². The van der Waals surface area contributed by atoms with Crippen LogP contribution in [-0.2, 0) is 17.8 Å². The van der Waals surface area contributed by atoms with E-state index >= 15 is 0 Å². The Hall–Kier alpha value is -3.25. The lowest BCUT2D eigenvalue weighted by Gasteiger charge is -2.09. The van der Waals surface area contributed by atoms with Crippen molar-refractivity contribution in [3.05, 3.63) is 81.2 Å². The minimum atomic E-state index is -0.259. The fraction of sp³-hybridized carbons (Fsp3) is 0.208. The van der Waals surface area contributed by atoms with Crippen LogP contribution in [0.3, 0.4) is 0 Å². The molecule has 30 heavy (non-hydrogen) atoms. The van der Waals surface area contributed by atoms with Crippen molar-refractivity contribution < 1.29 is 4.79 Å². The molecule has 0 unspecified atom stereocenters. The van der Waals surface area contributed by atoms with Gasteiger partial charge in [-0.15, -0.1) is 11.3 Å². The van der Waals surface area contributed by atoms with E-state index in [4.69, 9.17) is 0 Å². The van der Waals surface area contributed by atoms with E-state index < -0.39 is 0 Å². The van der Waals surface area contributed by atoms with Gasteiger partial charge in [-0.05, 0) is 54.7 Å². The molecule has 6 heteroatoms. The van der Waals surface area contributed by atoms with Gasteiger partial charge in [0.25, 0.3) is 5.56 Å². The molecule has 0 saturated heterocycles. The number of fused-ring (bicyclic) bond motifs is 1. The standard InChI is InChI=1S/C24H23N3O2S/c1-4-17-6-8-18(9-7-17)20-13-30-23-22(20)24(29)27(14-25-23)12-21(28)26-19-10-5-15(2)16(3)11-19/h5-11,13-14H,4,12H2,1-3H3,(H,26,28). The van der Waals surface area contributed by atoms with Crippen LogP contribution < -0.4 is 10.9 Å². The molecule has 2 heterocycles. The van der Waals surface area contributed by atoms with Crippen molar-refractivity contribution in [3.63, 3.8) is 0 Å². The minimum absolute atomic E-state index is 0.0846. The molecule has 1 amide bonds.